The van der Waals surface area contributed by atoms with Gasteiger partial charge < -0.3 is 15.4 Å². The lowest BCUT2D eigenvalue weighted by molar-refractivity contribution is -0.115. The lowest BCUT2D eigenvalue weighted by Gasteiger charge is -2.07. The lowest BCUT2D eigenvalue weighted by Crippen LogP contribution is -2.30. The predicted molar refractivity (Wildman–Crippen MR) is 71.6 cm³/mol. The summed E-state index contributed by atoms with van der Waals surface area (Å²) in [5.74, 6) is -0.0423. The van der Waals surface area contributed by atoms with E-state index in [1.54, 1.807) is 18.9 Å². The first kappa shape index (κ1) is 14.0. The van der Waals surface area contributed by atoms with E-state index in [4.69, 9.17) is 4.74 Å². The Balaban J connectivity index is 2.34. The number of nitrogens with one attached hydrogen (secondary N) is 2. The molecule has 0 saturated carbocycles. The molecule has 2 N–H and O–H groups in total. The fraction of sp³-hybridized carbons (Fsp3) is 0.417. The summed E-state index contributed by atoms with van der Waals surface area (Å²) in [5.41, 5.74) is 0.829. The number of ether oxygens (including phenoxy) is 1. The fourth-order valence-electron chi connectivity index (χ4n) is 1.28. The second kappa shape index (κ2) is 8.11. The topological polar surface area (TPSA) is 50.4 Å². The van der Waals surface area contributed by atoms with Gasteiger partial charge in [0.15, 0.2) is 0 Å². The van der Waals surface area contributed by atoms with Crippen LogP contribution in [0.25, 0.3) is 0 Å². The van der Waals surface area contributed by atoms with E-state index >= 15 is 0 Å². The first-order valence-corrected chi connectivity index (χ1v) is 6.62. The van der Waals surface area contributed by atoms with Crippen LogP contribution in [0.2, 0.25) is 0 Å². The van der Waals surface area contributed by atoms with Crippen molar-refractivity contribution in [2.45, 2.75) is 4.90 Å². The van der Waals surface area contributed by atoms with Crippen molar-refractivity contribution in [2.24, 2.45) is 0 Å². The van der Waals surface area contributed by atoms with Crippen molar-refractivity contribution >= 4 is 23.4 Å². The van der Waals surface area contributed by atoms with Gasteiger partial charge in [0.2, 0.25) is 5.91 Å². The third-order valence-electron chi connectivity index (χ3n) is 2.12. The average molecular weight is 254 g/mol. The molecule has 1 amide bonds. The molecular formula is C12H18N2O2S. The molecule has 94 valence electrons. The summed E-state index contributed by atoms with van der Waals surface area (Å²) in [5, 5.41) is 5.83. The molecule has 17 heavy (non-hydrogen) atoms. The van der Waals surface area contributed by atoms with E-state index in [2.05, 4.69) is 10.6 Å². The van der Waals surface area contributed by atoms with Crippen LogP contribution in [0, 0.1) is 0 Å². The van der Waals surface area contributed by atoms with Crippen LogP contribution in [0.5, 0.6) is 0 Å². The van der Waals surface area contributed by atoms with Crippen molar-refractivity contribution in [3.8, 4) is 0 Å². The number of hydrogen-bond donors (Lipinski definition) is 2. The Morgan fingerprint density at radius 3 is 3.00 bits per heavy atom. The molecule has 0 spiro atoms. The van der Waals surface area contributed by atoms with Gasteiger partial charge in [-0.1, -0.05) is 6.07 Å². The molecule has 0 atom stereocenters. The molecule has 1 aromatic rings. The number of carbonyl (C=O) groups is 1. The summed E-state index contributed by atoms with van der Waals surface area (Å²) in [6.07, 6.45) is 2.01. The van der Waals surface area contributed by atoms with Gasteiger partial charge >= 0.3 is 0 Å². The van der Waals surface area contributed by atoms with Crippen LogP contribution < -0.4 is 10.6 Å². The summed E-state index contributed by atoms with van der Waals surface area (Å²) >= 11 is 1.65. The van der Waals surface area contributed by atoms with E-state index in [0.29, 0.717) is 19.7 Å². The summed E-state index contributed by atoms with van der Waals surface area (Å²) < 4.78 is 4.88. The van der Waals surface area contributed by atoms with Crippen LogP contribution in [0.4, 0.5) is 5.69 Å². The molecule has 0 radical (unpaired) electrons. The summed E-state index contributed by atoms with van der Waals surface area (Å²) in [6, 6.07) is 7.78. The molecule has 0 aliphatic heterocycles. The molecule has 5 heteroatoms. The molecule has 1 aromatic carbocycles. The van der Waals surface area contributed by atoms with Crippen molar-refractivity contribution < 1.29 is 9.53 Å². The Kier molecular flexibility index (Phi) is 6.69. The maximum atomic E-state index is 11.6. The largest absolute Gasteiger partial charge is 0.383 e. The van der Waals surface area contributed by atoms with Gasteiger partial charge in [-0.15, -0.1) is 11.8 Å². The number of rotatable bonds is 7. The average Bonchev–Trinajstić information content (AvgIpc) is 2.35. The minimum Gasteiger partial charge on any atom is -0.383 e. The van der Waals surface area contributed by atoms with Crippen LogP contribution in [0.1, 0.15) is 0 Å². The first-order chi connectivity index (χ1) is 8.26. The summed E-state index contributed by atoms with van der Waals surface area (Å²) in [7, 11) is 1.63. The van der Waals surface area contributed by atoms with E-state index in [1.165, 1.54) is 0 Å². The molecule has 0 aromatic heterocycles. The van der Waals surface area contributed by atoms with E-state index in [1.807, 2.05) is 30.5 Å². The number of amides is 1. The third-order valence-corrected chi connectivity index (χ3v) is 2.85. The Labute approximate surface area is 106 Å². The molecule has 0 unspecified atom stereocenters. The Morgan fingerprint density at radius 2 is 2.29 bits per heavy atom. The van der Waals surface area contributed by atoms with Crippen LogP contribution in [0.3, 0.4) is 0 Å². The van der Waals surface area contributed by atoms with Gasteiger partial charge in [0.1, 0.15) is 0 Å². The monoisotopic (exact) mass is 254 g/mol. The highest BCUT2D eigenvalue weighted by atomic mass is 32.2. The molecule has 4 nitrogen and oxygen atoms in total. The SMILES string of the molecule is COCCNCC(=O)Nc1cccc(SC)c1. The second-order valence-electron chi connectivity index (χ2n) is 3.45. The van der Waals surface area contributed by atoms with Crippen molar-refractivity contribution in [3.05, 3.63) is 24.3 Å². The van der Waals surface area contributed by atoms with Gasteiger partial charge in [-0.2, -0.15) is 0 Å². The standard InChI is InChI=1S/C12H18N2O2S/c1-16-7-6-13-9-12(15)14-10-4-3-5-11(8-10)17-2/h3-5,8,13H,6-7,9H2,1-2H3,(H,14,15). The van der Waals surface area contributed by atoms with Gasteiger partial charge in [-0.25, -0.2) is 0 Å². The van der Waals surface area contributed by atoms with Crippen LogP contribution in [0.15, 0.2) is 29.2 Å². The summed E-state index contributed by atoms with van der Waals surface area (Å²) in [6.45, 7) is 1.58. The minimum atomic E-state index is -0.0423. The zero-order valence-electron chi connectivity index (χ0n) is 10.2. The van der Waals surface area contributed by atoms with Crippen LogP contribution in [-0.4, -0.2) is 39.0 Å². The highest BCUT2D eigenvalue weighted by molar-refractivity contribution is 7.98. The molecule has 0 saturated heterocycles. The quantitative estimate of drug-likeness (QED) is 0.573. The fourth-order valence-corrected chi connectivity index (χ4v) is 1.74. The van der Waals surface area contributed by atoms with E-state index < -0.39 is 0 Å². The van der Waals surface area contributed by atoms with Crippen LogP contribution >= 0.6 is 11.8 Å². The smallest absolute Gasteiger partial charge is 0.238 e. The molecule has 0 heterocycles. The number of methoxy groups -OCH3 is 1. The van der Waals surface area contributed by atoms with Crippen molar-refractivity contribution in [2.75, 3.05) is 38.4 Å². The zero-order chi connectivity index (χ0) is 12.5. The maximum absolute atomic E-state index is 11.6. The first-order valence-electron chi connectivity index (χ1n) is 5.40. The van der Waals surface area contributed by atoms with E-state index in [-0.39, 0.29) is 5.91 Å². The lowest BCUT2D eigenvalue weighted by atomic mass is 10.3. The van der Waals surface area contributed by atoms with Crippen molar-refractivity contribution in [1.29, 1.82) is 0 Å². The molecule has 0 aliphatic carbocycles. The number of benzene rings is 1. The molecule has 1 rings (SSSR count). The second-order valence-corrected chi connectivity index (χ2v) is 4.33. The molecular weight excluding hydrogens is 236 g/mol. The highest BCUT2D eigenvalue weighted by Crippen LogP contribution is 2.18. The predicted octanol–water partition coefficient (Wildman–Crippen LogP) is 1.58. The van der Waals surface area contributed by atoms with Gasteiger partial charge in [0, 0.05) is 24.2 Å². The van der Waals surface area contributed by atoms with E-state index in [0.717, 1.165) is 10.6 Å². The summed E-state index contributed by atoms with van der Waals surface area (Å²) in [4.78, 5) is 12.7. The molecule has 0 aliphatic rings. The number of hydrogen-bond acceptors (Lipinski definition) is 4. The molecule has 0 fully saturated rings. The Hall–Kier alpha value is -1.04. The maximum Gasteiger partial charge on any atom is 0.238 e. The Morgan fingerprint density at radius 1 is 1.47 bits per heavy atom. The highest BCUT2D eigenvalue weighted by Gasteiger charge is 2.01. The van der Waals surface area contributed by atoms with Crippen molar-refractivity contribution in [3.63, 3.8) is 0 Å². The van der Waals surface area contributed by atoms with Gasteiger partial charge in [0.25, 0.3) is 0 Å². The number of anilines is 1. The number of thioether (sulfide) groups is 1. The number of carbonyl (C=O) groups excluding carboxylic acids is 1. The Bertz CT molecular complexity index is 358. The van der Waals surface area contributed by atoms with Gasteiger partial charge in [0.05, 0.1) is 13.2 Å². The van der Waals surface area contributed by atoms with Crippen LogP contribution in [-0.2, 0) is 9.53 Å². The molecule has 0 bridgehead atoms. The normalized spacial score (nSPS) is 10.2. The van der Waals surface area contributed by atoms with Gasteiger partial charge in [-0.05, 0) is 24.5 Å². The zero-order valence-corrected chi connectivity index (χ0v) is 11.0. The van der Waals surface area contributed by atoms with Gasteiger partial charge in [-0.3, -0.25) is 4.79 Å². The van der Waals surface area contributed by atoms with E-state index in [9.17, 15) is 4.79 Å². The minimum absolute atomic E-state index is 0.0423. The van der Waals surface area contributed by atoms with Crippen molar-refractivity contribution in [1.82, 2.24) is 5.32 Å². The third kappa shape index (κ3) is 5.72.